The second kappa shape index (κ2) is 13.0. The van der Waals surface area contributed by atoms with Crippen molar-refractivity contribution in [3.8, 4) is 62.1 Å². The Morgan fingerprint density at radius 3 is 1.65 bits per heavy atom. The molecule has 2 aliphatic rings. The van der Waals surface area contributed by atoms with Crippen LogP contribution in [-0.2, 0) is 5.41 Å². The van der Waals surface area contributed by atoms with Crippen LogP contribution >= 0.6 is 11.3 Å². The molecule has 0 N–H and O–H groups in total. The van der Waals surface area contributed by atoms with Gasteiger partial charge in [-0.15, -0.1) is 11.3 Å². The third kappa shape index (κ3) is 4.77. The van der Waals surface area contributed by atoms with Gasteiger partial charge in [-0.25, -0.2) is 4.98 Å². The first-order valence-electron chi connectivity index (χ1n) is 21.4. The quantitative estimate of drug-likeness (QED) is 0.178. The molecule has 0 amide bonds. The molecule has 1 spiro atoms. The van der Waals surface area contributed by atoms with Crippen LogP contribution < -0.4 is 0 Å². The molecule has 0 bridgehead atoms. The van der Waals surface area contributed by atoms with Gasteiger partial charge in [0.15, 0.2) is 11.6 Å². The molecule has 2 aliphatic carbocycles. The highest BCUT2D eigenvalue weighted by molar-refractivity contribution is 7.26. The zero-order chi connectivity index (χ0) is 41.2. The van der Waals surface area contributed by atoms with Gasteiger partial charge in [-0.3, -0.25) is 4.57 Å². The molecular formula is C58H34N4S. The van der Waals surface area contributed by atoms with Crippen molar-refractivity contribution in [1.29, 1.82) is 0 Å². The highest BCUT2D eigenvalue weighted by Gasteiger charge is 2.51. The van der Waals surface area contributed by atoms with Crippen LogP contribution in [0.1, 0.15) is 22.3 Å². The van der Waals surface area contributed by atoms with E-state index < -0.39 is 5.41 Å². The molecule has 63 heavy (non-hydrogen) atoms. The second-order valence-electron chi connectivity index (χ2n) is 16.7. The monoisotopic (exact) mass is 818 g/mol. The molecule has 3 heterocycles. The SMILES string of the molecule is c1ccc(-c2nc(-c3ccc4c(c3)sc3cccc(-c5ccccc5)c34)nc(-n3c4ccccc4c4cc5c(cc43)C3(c4ccccc4-c4ccccc43)c3ccccc3-5)n2)cc1. The van der Waals surface area contributed by atoms with Crippen molar-refractivity contribution >= 4 is 53.3 Å². The number of para-hydroxylation sites is 1. The minimum Gasteiger partial charge on any atom is -0.278 e. The minimum absolute atomic E-state index is 0.478. The predicted molar refractivity (Wildman–Crippen MR) is 260 cm³/mol. The van der Waals surface area contributed by atoms with Gasteiger partial charge in [-0.2, -0.15) is 9.97 Å². The van der Waals surface area contributed by atoms with Crippen molar-refractivity contribution in [2.75, 3.05) is 0 Å². The molecule has 9 aromatic carbocycles. The van der Waals surface area contributed by atoms with Gasteiger partial charge in [-0.05, 0) is 86.0 Å². The normalized spacial score (nSPS) is 13.2. The number of hydrogen-bond acceptors (Lipinski definition) is 4. The molecule has 4 nitrogen and oxygen atoms in total. The molecule has 3 aromatic heterocycles. The minimum atomic E-state index is -0.478. The van der Waals surface area contributed by atoms with Crippen molar-refractivity contribution in [2.45, 2.75) is 5.41 Å². The lowest BCUT2D eigenvalue weighted by molar-refractivity contribution is 0.794. The van der Waals surface area contributed by atoms with Crippen molar-refractivity contribution in [2.24, 2.45) is 0 Å². The highest BCUT2D eigenvalue weighted by Crippen LogP contribution is 2.63. The number of rotatable bonds is 4. The van der Waals surface area contributed by atoms with Gasteiger partial charge in [-0.1, -0.05) is 176 Å². The molecule has 0 radical (unpaired) electrons. The van der Waals surface area contributed by atoms with Gasteiger partial charge >= 0.3 is 0 Å². The lowest BCUT2D eigenvalue weighted by Crippen LogP contribution is -2.25. The maximum atomic E-state index is 5.44. The maximum absolute atomic E-state index is 5.44. The largest absolute Gasteiger partial charge is 0.278 e. The summed E-state index contributed by atoms with van der Waals surface area (Å²) in [6.07, 6.45) is 0. The second-order valence-corrected chi connectivity index (χ2v) is 17.7. The van der Waals surface area contributed by atoms with E-state index in [1.54, 1.807) is 0 Å². The number of benzene rings is 9. The Morgan fingerprint density at radius 2 is 0.937 bits per heavy atom. The smallest absolute Gasteiger partial charge is 0.238 e. The van der Waals surface area contributed by atoms with E-state index in [9.17, 15) is 0 Å². The summed E-state index contributed by atoms with van der Waals surface area (Å²) >= 11 is 1.81. The number of aromatic nitrogens is 4. The van der Waals surface area contributed by atoms with E-state index in [2.05, 4.69) is 193 Å². The van der Waals surface area contributed by atoms with Gasteiger partial charge < -0.3 is 0 Å². The van der Waals surface area contributed by atoms with Crippen LogP contribution in [0, 0.1) is 0 Å². The van der Waals surface area contributed by atoms with E-state index in [1.165, 1.54) is 81.2 Å². The Hall–Kier alpha value is -7.99. The third-order valence-electron chi connectivity index (χ3n) is 13.5. The Balaban J connectivity index is 1.03. The van der Waals surface area contributed by atoms with Crippen molar-refractivity contribution in [1.82, 2.24) is 19.5 Å². The molecule has 14 rings (SSSR count). The average molecular weight is 819 g/mol. The Kier molecular flexibility index (Phi) is 7.16. The summed E-state index contributed by atoms with van der Waals surface area (Å²) in [6.45, 7) is 0. The molecule has 5 heteroatoms. The molecule has 292 valence electrons. The Morgan fingerprint density at radius 1 is 0.349 bits per heavy atom. The van der Waals surface area contributed by atoms with E-state index >= 15 is 0 Å². The molecule has 0 aliphatic heterocycles. The predicted octanol–water partition coefficient (Wildman–Crippen LogP) is 14.7. The van der Waals surface area contributed by atoms with Crippen LogP contribution in [0.25, 0.3) is 104 Å². The van der Waals surface area contributed by atoms with Crippen molar-refractivity contribution in [3.63, 3.8) is 0 Å². The summed E-state index contributed by atoms with van der Waals surface area (Å²) in [6, 6.07) is 74.8. The van der Waals surface area contributed by atoms with Gasteiger partial charge in [0.2, 0.25) is 5.95 Å². The molecule has 0 unspecified atom stereocenters. The fraction of sp³-hybridized carbons (Fsp3) is 0.0172. The zero-order valence-electron chi connectivity index (χ0n) is 33.8. The van der Waals surface area contributed by atoms with E-state index in [1.807, 2.05) is 29.5 Å². The summed E-state index contributed by atoms with van der Waals surface area (Å²) in [4.78, 5) is 16.0. The fourth-order valence-corrected chi connectivity index (χ4v) is 12.1. The van der Waals surface area contributed by atoms with E-state index in [-0.39, 0.29) is 0 Å². The van der Waals surface area contributed by atoms with E-state index in [0.717, 1.165) is 27.5 Å². The van der Waals surface area contributed by atoms with Crippen molar-refractivity contribution < 1.29 is 0 Å². The third-order valence-corrected chi connectivity index (χ3v) is 14.6. The standard InChI is InChI=1S/C58H34N4S/c1-3-16-35(17-4-1)38-24-15-29-52-54(38)43-31-30-37(32-53(43)63-52)56-59-55(36-18-5-2-6-19-36)60-57(61-56)62-50-28-14-10-23-42(50)45-33-44-41-22-9-13-27-48(41)58(49(44)34-51(45)62)46-25-11-7-20-39(46)40-21-8-12-26-47(40)58/h1-34H. The Bertz CT molecular complexity index is 3820. The number of hydrogen-bond donors (Lipinski definition) is 0. The number of thiophene rings is 1. The molecule has 0 saturated carbocycles. The van der Waals surface area contributed by atoms with Gasteiger partial charge in [0.25, 0.3) is 0 Å². The van der Waals surface area contributed by atoms with E-state index in [4.69, 9.17) is 15.0 Å². The summed E-state index contributed by atoms with van der Waals surface area (Å²) in [5.41, 5.74) is 16.3. The summed E-state index contributed by atoms with van der Waals surface area (Å²) in [7, 11) is 0. The van der Waals surface area contributed by atoms with Crippen LogP contribution in [0.4, 0.5) is 0 Å². The lowest BCUT2D eigenvalue weighted by Gasteiger charge is -2.30. The van der Waals surface area contributed by atoms with Gasteiger partial charge in [0, 0.05) is 42.1 Å². The van der Waals surface area contributed by atoms with Crippen LogP contribution in [0.2, 0.25) is 0 Å². The van der Waals surface area contributed by atoms with E-state index in [0.29, 0.717) is 17.6 Å². The molecule has 0 fully saturated rings. The van der Waals surface area contributed by atoms with Crippen LogP contribution in [-0.4, -0.2) is 19.5 Å². The topological polar surface area (TPSA) is 43.6 Å². The summed E-state index contributed by atoms with van der Waals surface area (Å²) in [5, 5.41) is 4.84. The first kappa shape index (κ1) is 34.7. The highest BCUT2D eigenvalue weighted by atomic mass is 32.1. The van der Waals surface area contributed by atoms with Crippen molar-refractivity contribution in [3.05, 3.63) is 229 Å². The molecule has 12 aromatic rings. The van der Waals surface area contributed by atoms with Crippen LogP contribution in [0.5, 0.6) is 0 Å². The lowest BCUT2D eigenvalue weighted by atomic mass is 9.70. The fourth-order valence-electron chi connectivity index (χ4n) is 10.9. The zero-order valence-corrected chi connectivity index (χ0v) is 34.6. The maximum Gasteiger partial charge on any atom is 0.238 e. The molecule has 0 saturated heterocycles. The van der Waals surface area contributed by atoms with Gasteiger partial charge in [0.1, 0.15) is 0 Å². The number of nitrogens with zero attached hydrogens (tertiary/aromatic N) is 4. The van der Waals surface area contributed by atoms with Crippen LogP contribution in [0.3, 0.4) is 0 Å². The van der Waals surface area contributed by atoms with Gasteiger partial charge in [0.05, 0.1) is 16.4 Å². The Labute approximate surface area is 367 Å². The molecule has 0 atom stereocenters. The average Bonchev–Trinajstić information content (AvgIpc) is 4.07. The first-order chi connectivity index (χ1) is 31.2. The molecular weight excluding hydrogens is 785 g/mol. The summed E-state index contributed by atoms with van der Waals surface area (Å²) < 4.78 is 4.73. The summed E-state index contributed by atoms with van der Waals surface area (Å²) in [5.74, 6) is 1.86. The first-order valence-corrected chi connectivity index (χ1v) is 22.3. The van der Waals surface area contributed by atoms with Crippen LogP contribution in [0.15, 0.2) is 206 Å². The number of fused-ring (bicyclic) bond motifs is 16.